The molecule has 1 amide bonds. The molecule has 1 aliphatic rings. The Morgan fingerprint density at radius 1 is 1.38 bits per heavy atom. The smallest absolute Gasteiger partial charge is 0.238 e. The lowest BCUT2D eigenvalue weighted by Crippen LogP contribution is -2.37. The van der Waals surface area contributed by atoms with Crippen LogP contribution in [0, 0.1) is 5.82 Å². The standard InChI is InChI=1S/C18H21FN2O2S/c19-14-4-1-5-15(10-14)20-18(22)13-21(11-16-6-2-8-23-16)12-17-7-3-9-24-17/h1,3-5,7,9-10,16H,2,6,8,11-13H2,(H,20,22). The van der Waals surface area contributed by atoms with Crippen LogP contribution in [0.2, 0.25) is 0 Å². The molecule has 1 N–H and O–H groups in total. The molecular weight excluding hydrogens is 327 g/mol. The molecule has 1 unspecified atom stereocenters. The van der Waals surface area contributed by atoms with Crippen LogP contribution in [0.3, 0.4) is 0 Å². The minimum absolute atomic E-state index is 0.143. The van der Waals surface area contributed by atoms with E-state index < -0.39 is 0 Å². The molecular formula is C18H21FN2O2S. The van der Waals surface area contributed by atoms with Crippen LogP contribution in [0.15, 0.2) is 41.8 Å². The molecule has 1 aromatic heterocycles. The highest BCUT2D eigenvalue weighted by atomic mass is 32.1. The molecule has 0 radical (unpaired) electrons. The topological polar surface area (TPSA) is 41.6 Å². The van der Waals surface area contributed by atoms with E-state index >= 15 is 0 Å². The van der Waals surface area contributed by atoms with Gasteiger partial charge in [-0.2, -0.15) is 0 Å². The largest absolute Gasteiger partial charge is 0.377 e. The average Bonchev–Trinajstić information content (AvgIpc) is 3.21. The van der Waals surface area contributed by atoms with Crippen LogP contribution >= 0.6 is 11.3 Å². The summed E-state index contributed by atoms with van der Waals surface area (Å²) in [5.74, 6) is -0.502. The van der Waals surface area contributed by atoms with Crippen molar-refractivity contribution >= 4 is 22.9 Å². The Balaban J connectivity index is 1.60. The quantitative estimate of drug-likeness (QED) is 0.833. The maximum atomic E-state index is 13.2. The van der Waals surface area contributed by atoms with Gasteiger partial charge < -0.3 is 10.1 Å². The SMILES string of the molecule is O=C(CN(Cc1cccs1)CC1CCCO1)Nc1cccc(F)c1. The second-order valence-corrected chi connectivity index (χ2v) is 6.97. The van der Waals surface area contributed by atoms with Gasteiger partial charge >= 0.3 is 0 Å². The number of amides is 1. The van der Waals surface area contributed by atoms with E-state index in [0.717, 1.165) is 26.0 Å². The van der Waals surface area contributed by atoms with Gasteiger partial charge in [0.15, 0.2) is 0 Å². The van der Waals surface area contributed by atoms with E-state index in [4.69, 9.17) is 4.74 Å². The molecule has 1 aliphatic heterocycles. The molecule has 1 fully saturated rings. The molecule has 2 heterocycles. The summed E-state index contributed by atoms with van der Waals surface area (Å²) in [4.78, 5) is 15.6. The van der Waals surface area contributed by atoms with Crippen LogP contribution in [0.1, 0.15) is 17.7 Å². The number of halogens is 1. The molecule has 6 heteroatoms. The molecule has 0 saturated carbocycles. The summed E-state index contributed by atoms with van der Waals surface area (Å²) in [5, 5.41) is 4.79. The number of carbonyl (C=O) groups is 1. The zero-order chi connectivity index (χ0) is 16.8. The molecule has 4 nitrogen and oxygen atoms in total. The third-order valence-electron chi connectivity index (χ3n) is 3.92. The predicted molar refractivity (Wildman–Crippen MR) is 93.6 cm³/mol. The fraction of sp³-hybridized carbons (Fsp3) is 0.389. The molecule has 1 saturated heterocycles. The van der Waals surface area contributed by atoms with Crippen molar-refractivity contribution in [2.45, 2.75) is 25.5 Å². The minimum Gasteiger partial charge on any atom is -0.377 e. The lowest BCUT2D eigenvalue weighted by atomic mass is 10.2. The first-order chi connectivity index (χ1) is 11.7. The van der Waals surface area contributed by atoms with Gasteiger partial charge in [-0.15, -0.1) is 11.3 Å². The van der Waals surface area contributed by atoms with E-state index in [1.807, 2.05) is 11.4 Å². The first-order valence-corrected chi connectivity index (χ1v) is 8.99. The van der Waals surface area contributed by atoms with Crippen molar-refractivity contribution in [3.8, 4) is 0 Å². The van der Waals surface area contributed by atoms with Crippen LogP contribution in [0.5, 0.6) is 0 Å². The monoisotopic (exact) mass is 348 g/mol. The molecule has 2 aromatic rings. The van der Waals surface area contributed by atoms with Crippen molar-refractivity contribution in [1.29, 1.82) is 0 Å². The number of rotatable bonds is 7. The van der Waals surface area contributed by atoms with Gasteiger partial charge in [0.05, 0.1) is 12.6 Å². The third-order valence-corrected chi connectivity index (χ3v) is 4.78. The Kier molecular flexibility index (Phi) is 5.96. The summed E-state index contributed by atoms with van der Waals surface area (Å²) in [6, 6.07) is 10.0. The molecule has 1 aromatic carbocycles. The number of nitrogens with one attached hydrogen (secondary N) is 1. The van der Waals surface area contributed by atoms with Crippen LogP contribution < -0.4 is 5.32 Å². The number of anilines is 1. The number of nitrogens with zero attached hydrogens (tertiary/aromatic N) is 1. The summed E-state index contributed by atoms with van der Waals surface area (Å²) in [7, 11) is 0. The van der Waals surface area contributed by atoms with E-state index in [1.165, 1.54) is 17.0 Å². The second-order valence-electron chi connectivity index (χ2n) is 5.94. The van der Waals surface area contributed by atoms with E-state index in [9.17, 15) is 9.18 Å². The second kappa shape index (κ2) is 8.37. The van der Waals surface area contributed by atoms with Crippen LogP contribution in [0.25, 0.3) is 0 Å². The first-order valence-electron chi connectivity index (χ1n) is 8.11. The Bertz CT molecular complexity index is 657. The number of benzene rings is 1. The third kappa shape index (κ3) is 5.12. The van der Waals surface area contributed by atoms with Crippen molar-refractivity contribution in [1.82, 2.24) is 4.90 Å². The van der Waals surface area contributed by atoms with E-state index in [1.54, 1.807) is 23.5 Å². The van der Waals surface area contributed by atoms with Gasteiger partial charge in [-0.05, 0) is 42.5 Å². The Labute approximate surface area is 145 Å². The minimum atomic E-state index is -0.359. The lowest BCUT2D eigenvalue weighted by molar-refractivity contribution is -0.117. The number of hydrogen-bond donors (Lipinski definition) is 1. The highest BCUT2D eigenvalue weighted by Gasteiger charge is 2.21. The van der Waals surface area contributed by atoms with Gasteiger partial charge in [-0.25, -0.2) is 4.39 Å². The van der Waals surface area contributed by atoms with Gasteiger partial charge in [-0.1, -0.05) is 12.1 Å². The zero-order valence-electron chi connectivity index (χ0n) is 13.4. The van der Waals surface area contributed by atoms with Crippen LogP contribution in [-0.2, 0) is 16.1 Å². The number of thiophene rings is 1. The summed E-state index contributed by atoms with van der Waals surface area (Å²) < 4.78 is 18.9. The molecule has 128 valence electrons. The van der Waals surface area contributed by atoms with Crippen molar-refractivity contribution < 1.29 is 13.9 Å². The Morgan fingerprint density at radius 3 is 3.00 bits per heavy atom. The fourth-order valence-corrected chi connectivity index (χ4v) is 3.60. The van der Waals surface area contributed by atoms with Crippen molar-refractivity contribution in [2.24, 2.45) is 0 Å². The summed E-state index contributed by atoms with van der Waals surface area (Å²) in [5.41, 5.74) is 0.480. The molecule has 3 rings (SSSR count). The van der Waals surface area contributed by atoms with Crippen molar-refractivity contribution in [3.05, 3.63) is 52.5 Å². The normalized spacial score (nSPS) is 17.3. The highest BCUT2D eigenvalue weighted by Crippen LogP contribution is 2.17. The van der Waals surface area contributed by atoms with Crippen molar-refractivity contribution in [2.75, 3.05) is 25.0 Å². The molecule has 1 atom stereocenters. The highest BCUT2D eigenvalue weighted by molar-refractivity contribution is 7.09. The van der Waals surface area contributed by atoms with Crippen LogP contribution in [0.4, 0.5) is 10.1 Å². The number of ether oxygens (including phenoxy) is 1. The van der Waals surface area contributed by atoms with E-state index in [0.29, 0.717) is 12.2 Å². The molecule has 0 spiro atoms. The van der Waals surface area contributed by atoms with Gasteiger partial charge in [0.2, 0.25) is 5.91 Å². The fourth-order valence-electron chi connectivity index (χ4n) is 2.85. The van der Waals surface area contributed by atoms with E-state index in [2.05, 4.69) is 16.3 Å². The van der Waals surface area contributed by atoms with Crippen LogP contribution in [-0.4, -0.2) is 36.6 Å². The summed E-state index contributed by atoms with van der Waals surface area (Å²) in [6.45, 7) is 2.50. The van der Waals surface area contributed by atoms with Gasteiger partial charge in [0.1, 0.15) is 5.82 Å². The maximum absolute atomic E-state index is 13.2. The van der Waals surface area contributed by atoms with Gasteiger partial charge in [0.25, 0.3) is 0 Å². The van der Waals surface area contributed by atoms with Gasteiger partial charge in [0, 0.05) is 30.3 Å². The summed E-state index contributed by atoms with van der Waals surface area (Å²) >= 11 is 1.68. The zero-order valence-corrected chi connectivity index (χ0v) is 14.2. The Morgan fingerprint density at radius 2 is 2.29 bits per heavy atom. The number of carbonyl (C=O) groups excluding carboxylic acids is 1. The molecule has 24 heavy (non-hydrogen) atoms. The van der Waals surface area contributed by atoms with E-state index in [-0.39, 0.29) is 24.4 Å². The number of hydrogen-bond acceptors (Lipinski definition) is 4. The predicted octanol–water partition coefficient (Wildman–Crippen LogP) is 3.51. The van der Waals surface area contributed by atoms with Gasteiger partial charge in [-0.3, -0.25) is 9.69 Å². The molecule has 0 aliphatic carbocycles. The maximum Gasteiger partial charge on any atom is 0.238 e. The Hall–Kier alpha value is -1.76. The summed E-state index contributed by atoms with van der Waals surface area (Å²) in [6.07, 6.45) is 2.30. The first kappa shape index (κ1) is 17.1. The average molecular weight is 348 g/mol. The van der Waals surface area contributed by atoms with Crippen molar-refractivity contribution in [3.63, 3.8) is 0 Å². The lowest BCUT2D eigenvalue weighted by Gasteiger charge is -2.24. The molecule has 0 bridgehead atoms.